The van der Waals surface area contributed by atoms with Crippen molar-refractivity contribution < 1.29 is 23.8 Å². The first-order valence-corrected chi connectivity index (χ1v) is 7.27. The van der Waals surface area contributed by atoms with E-state index >= 15 is 0 Å². The van der Waals surface area contributed by atoms with E-state index in [1.165, 1.54) is 0 Å². The quantitative estimate of drug-likeness (QED) is 0.809. The van der Waals surface area contributed by atoms with Crippen LogP contribution in [0.4, 0.5) is 4.79 Å². The summed E-state index contributed by atoms with van der Waals surface area (Å²) in [5, 5.41) is 2.61. The van der Waals surface area contributed by atoms with Gasteiger partial charge in [0.2, 0.25) is 0 Å². The summed E-state index contributed by atoms with van der Waals surface area (Å²) >= 11 is 0. The molecule has 6 heteroatoms. The minimum Gasteiger partial charge on any atom is -0.458 e. The minimum atomic E-state index is -0.772. The summed E-state index contributed by atoms with van der Waals surface area (Å²) in [5.41, 5.74) is -1.08. The second-order valence-electron chi connectivity index (χ2n) is 7.37. The number of hydrogen-bond acceptors (Lipinski definition) is 5. The van der Waals surface area contributed by atoms with Gasteiger partial charge in [0, 0.05) is 6.42 Å². The molecule has 0 saturated carbocycles. The van der Waals surface area contributed by atoms with Crippen LogP contribution in [0.5, 0.6) is 0 Å². The van der Waals surface area contributed by atoms with Crippen LogP contribution in [0, 0.1) is 5.41 Å². The van der Waals surface area contributed by atoms with Gasteiger partial charge in [0.25, 0.3) is 0 Å². The number of carbonyl (C=O) groups excluding carboxylic acids is 2. The second-order valence-corrected chi connectivity index (χ2v) is 7.37. The third-order valence-electron chi connectivity index (χ3n) is 2.93. The van der Waals surface area contributed by atoms with Crippen molar-refractivity contribution in [3.63, 3.8) is 0 Å². The second kappa shape index (κ2) is 6.64. The molecule has 1 aliphatic heterocycles. The van der Waals surface area contributed by atoms with Crippen LogP contribution in [-0.4, -0.2) is 43.0 Å². The smallest absolute Gasteiger partial charge is 0.408 e. The van der Waals surface area contributed by atoms with Crippen molar-refractivity contribution in [2.75, 3.05) is 13.2 Å². The number of nitrogens with one attached hydrogen (secondary N) is 1. The molecule has 0 radical (unpaired) electrons. The Morgan fingerprint density at radius 3 is 2.24 bits per heavy atom. The van der Waals surface area contributed by atoms with Crippen molar-refractivity contribution >= 4 is 12.1 Å². The van der Waals surface area contributed by atoms with Gasteiger partial charge in [0.1, 0.15) is 17.7 Å². The fourth-order valence-electron chi connectivity index (χ4n) is 1.90. The molecule has 0 aliphatic carbocycles. The molecular formula is C15H27NO5. The van der Waals surface area contributed by atoms with E-state index in [0.29, 0.717) is 19.6 Å². The lowest BCUT2D eigenvalue weighted by Crippen LogP contribution is -2.52. The Balaban J connectivity index is 2.65. The Bertz CT molecular complexity index is 375. The molecule has 0 bridgehead atoms. The Kier molecular flexibility index (Phi) is 5.61. The molecule has 122 valence electrons. The van der Waals surface area contributed by atoms with Gasteiger partial charge in [-0.2, -0.15) is 0 Å². The third kappa shape index (κ3) is 6.33. The fraction of sp³-hybridized carbons (Fsp3) is 0.867. The molecule has 1 saturated heterocycles. The van der Waals surface area contributed by atoms with Crippen molar-refractivity contribution in [3.8, 4) is 0 Å². The molecule has 2 unspecified atom stereocenters. The number of rotatable bonds is 3. The number of ether oxygens (including phenoxy) is 3. The van der Waals surface area contributed by atoms with E-state index in [2.05, 4.69) is 5.32 Å². The van der Waals surface area contributed by atoms with Crippen molar-refractivity contribution in [1.82, 2.24) is 5.32 Å². The van der Waals surface area contributed by atoms with Crippen LogP contribution < -0.4 is 5.32 Å². The number of alkyl carbamates (subject to hydrolysis) is 1. The predicted octanol–water partition coefficient (Wildman–Crippen LogP) is 2.26. The first-order chi connectivity index (χ1) is 9.49. The molecule has 1 rings (SSSR count). The molecule has 1 aliphatic rings. The summed E-state index contributed by atoms with van der Waals surface area (Å²) < 4.78 is 15.7. The standard InChI is InChI=1S/C15H27NO5/c1-14(2,3)11(12(17)21-15(4,5)6)16-13(18)20-10-7-8-19-9-10/h10-11H,7-9H2,1-6H3,(H,16,18). The normalized spacial score (nSPS) is 20.8. The van der Waals surface area contributed by atoms with Gasteiger partial charge in [0.05, 0.1) is 13.2 Å². The Labute approximate surface area is 126 Å². The molecular weight excluding hydrogens is 274 g/mol. The minimum absolute atomic E-state index is 0.246. The SMILES string of the molecule is CC(C)(C)OC(=O)C(NC(=O)OC1CCOC1)C(C)(C)C. The summed E-state index contributed by atoms with van der Waals surface area (Å²) in [6.45, 7) is 11.9. The molecule has 1 N–H and O–H groups in total. The molecule has 0 aromatic carbocycles. The molecule has 0 spiro atoms. The first kappa shape index (κ1) is 17.8. The van der Waals surface area contributed by atoms with Crippen LogP contribution in [0.3, 0.4) is 0 Å². The topological polar surface area (TPSA) is 73.9 Å². The molecule has 1 heterocycles. The zero-order chi connectivity index (χ0) is 16.3. The Morgan fingerprint density at radius 1 is 1.19 bits per heavy atom. The van der Waals surface area contributed by atoms with Gasteiger partial charge in [-0.05, 0) is 26.2 Å². The molecule has 0 aromatic heterocycles. The number of carbonyl (C=O) groups is 2. The summed E-state index contributed by atoms with van der Waals surface area (Å²) in [5.74, 6) is -0.463. The molecule has 1 fully saturated rings. The highest BCUT2D eigenvalue weighted by Crippen LogP contribution is 2.23. The number of esters is 1. The molecule has 0 aromatic rings. The van der Waals surface area contributed by atoms with E-state index in [1.807, 2.05) is 20.8 Å². The van der Waals surface area contributed by atoms with Crippen LogP contribution in [0.25, 0.3) is 0 Å². The summed E-state index contributed by atoms with van der Waals surface area (Å²) in [4.78, 5) is 24.2. The maximum absolute atomic E-state index is 12.3. The van der Waals surface area contributed by atoms with Crippen molar-refractivity contribution in [1.29, 1.82) is 0 Å². The van der Waals surface area contributed by atoms with Gasteiger partial charge in [-0.15, -0.1) is 0 Å². The van der Waals surface area contributed by atoms with Crippen LogP contribution in [-0.2, 0) is 19.0 Å². The highest BCUT2D eigenvalue weighted by atomic mass is 16.6. The maximum Gasteiger partial charge on any atom is 0.408 e. The van der Waals surface area contributed by atoms with Crippen molar-refractivity contribution in [2.45, 2.75) is 65.7 Å². The van der Waals surface area contributed by atoms with Crippen LogP contribution in [0.2, 0.25) is 0 Å². The van der Waals surface area contributed by atoms with Gasteiger partial charge in [-0.1, -0.05) is 20.8 Å². The monoisotopic (exact) mass is 301 g/mol. The van der Waals surface area contributed by atoms with Crippen LogP contribution in [0.15, 0.2) is 0 Å². The largest absolute Gasteiger partial charge is 0.458 e. The average molecular weight is 301 g/mol. The first-order valence-electron chi connectivity index (χ1n) is 7.27. The Morgan fingerprint density at radius 2 is 1.81 bits per heavy atom. The van der Waals surface area contributed by atoms with Gasteiger partial charge < -0.3 is 19.5 Å². The third-order valence-corrected chi connectivity index (χ3v) is 2.93. The zero-order valence-corrected chi connectivity index (χ0v) is 13.8. The van der Waals surface area contributed by atoms with Gasteiger partial charge >= 0.3 is 12.1 Å². The molecule has 21 heavy (non-hydrogen) atoms. The van der Waals surface area contributed by atoms with E-state index in [4.69, 9.17) is 14.2 Å². The van der Waals surface area contributed by atoms with E-state index < -0.39 is 29.1 Å². The summed E-state index contributed by atoms with van der Waals surface area (Å²) in [6.07, 6.45) is -0.180. The van der Waals surface area contributed by atoms with E-state index in [0.717, 1.165) is 0 Å². The molecule has 1 amide bonds. The van der Waals surface area contributed by atoms with Gasteiger partial charge in [-0.25, -0.2) is 9.59 Å². The summed E-state index contributed by atoms with van der Waals surface area (Å²) in [6, 6.07) is -0.772. The zero-order valence-electron chi connectivity index (χ0n) is 13.8. The van der Waals surface area contributed by atoms with E-state index in [1.54, 1.807) is 20.8 Å². The molecule has 2 atom stereocenters. The van der Waals surface area contributed by atoms with Crippen LogP contribution in [0.1, 0.15) is 48.0 Å². The lowest BCUT2D eigenvalue weighted by atomic mass is 9.86. The number of hydrogen-bond donors (Lipinski definition) is 1. The highest BCUT2D eigenvalue weighted by Gasteiger charge is 2.37. The van der Waals surface area contributed by atoms with Gasteiger partial charge in [0.15, 0.2) is 0 Å². The maximum atomic E-state index is 12.3. The predicted molar refractivity (Wildman–Crippen MR) is 77.9 cm³/mol. The van der Waals surface area contributed by atoms with Gasteiger partial charge in [-0.3, -0.25) is 0 Å². The fourth-order valence-corrected chi connectivity index (χ4v) is 1.90. The highest BCUT2D eigenvalue weighted by molar-refractivity contribution is 5.82. The molecule has 6 nitrogen and oxygen atoms in total. The lowest BCUT2D eigenvalue weighted by molar-refractivity contribution is -0.160. The van der Waals surface area contributed by atoms with E-state index in [-0.39, 0.29) is 6.10 Å². The van der Waals surface area contributed by atoms with Crippen molar-refractivity contribution in [2.24, 2.45) is 5.41 Å². The van der Waals surface area contributed by atoms with Crippen LogP contribution >= 0.6 is 0 Å². The van der Waals surface area contributed by atoms with Crippen molar-refractivity contribution in [3.05, 3.63) is 0 Å². The average Bonchev–Trinajstić information content (AvgIpc) is 2.74. The summed E-state index contributed by atoms with van der Waals surface area (Å²) in [7, 11) is 0. The van der Waals surface area contributed by atoms with E-state index in [9.17, 15) is 9.59 Å². The Hall–Kier alpha value is -1.30. The lowest BCUT2D eigenvalue weighted by Gasteiger charge is -2.32. The number of amides is 1.